The Balaban J connectivity index is 1.28. The number of amides is 2. The minimum absolute atomic E-state index is 0.0132. The van der Waals surface area contributed by atoms with Crippen LogP contribution < -0.4 is 5.32 Å². The first-order chi connectivity index (χ1) is 13.5. The lowest BCUT2D eigenvalue weighted by Gasteiger charge is -2.59. The van der Waals surface area contributed by atoms with Crippen molar-refractivity contribution in [2.45, 2.75) is 70.4 Å². The SMILES string of the molecule is C[C@H](NC(=O)[C@@H]1CCCN1C(=O)c1ccccc1)C12CC3CC(CC(C3)C1)C2. The van der Waals surface area contributed by atoms with Gasteiger partial charge in [0.05, 0.1) is 0 Å². The van der Waals surface area contributed by atoms with Crippen molar-refractivity contribution in [2.24, 2.45) is 23.2 Å². The summed E-state index contributed by atoms with van der Waals surface area (Å²) in [7, 11) is 0. The molecular weight excluding hydrogens is 348 g/mol. The molecule has 5 fully saturated rings. The molecule has 1 heterocycles. The maximum Gasteiger partial charge on any atom is 0.254 e. The van der Waals surface area contributed by atoms with Gasteiger partial charge in [0.2, 0.25) is 5.91 Å². The van der Waals surface area contributed by atoms with Crippen LogP contribution in [0.1, 0.15) is 68.6 Å². The van der Waals surface area contributed by atoms with Gasteiger partial charge in [-0.1, -0.05) is 18.2 Å². The van der Waals surface area contributed by atoms with E-state index in [1.54, 1.807) is 4.90 Å². The normalized spacial score (nSPS) is 37.1. The second-order valence-corrected chi connectivity index (χ2v) is 10.0. The molecule has 4 bridgehead atoms. The minimum atomic E-state index is -0.316. The van der Waals surface area contributed by atoms with E-state index in [-0.39, 0.29) is 23.9 Å². The Hall–Kier alpha value is -1.84. The van der Waals surface area contributed by atoms with E-state index in [2.05, 4.69) is 12.2 Å². The van der Waals surface area contributed by atoms with Crippen LogP contribution in [-0.2, 0) is 4.79 Å². The van der Waals surface area contributed by atoms with Crippen molar-refractivity contribution in [1.29, 1.82) is 0 Å². The number of nitrogens with zero attached hydrogens (tertiary/aromatic N) is 1. The number of likely N-dealkylation sites (tertiary alicyclic amines) is 1. The van der Waals surface area contributed by atoms with Crippen molar-refractivity contribution >= 4 is 11.8 Å². The summed E-state index contributed by atoms with van der Waals surface area (Å²) in [5.41, 5.74) is 0.980. The first-order valence-corrected chi connectivity index (χ1v) is 11.2. The smallest absolute Gasteiger partial charge is 0.254 e. The third-order valence-corrected chi connectivity index (χ3v) is 8.20. The summed E-state index contributed by atoms with van der Waals surface area (Å²) in [6.45, 7) is 2.90. The Bertz CT molecular complexity index is 724. The van der Waals surface area contributed by atoms with Crippen molar-refractivity contribution < 1.29 is 9.59 Å². The monoisotopic (exact) mass is 380 g/mol. The fraction of sp³-hybridized carbons (Fsp3) is 0.667. The number of benzene rings is 1. The van der Waals surface area contributed by atoms with Gasteiger partial charge in [0.1, 0.15) is 6.04 Å². The highest BCUT2D eigenvalue weighted by molar-refractivity contribution is 5.98. The molecule has 2 amide bonds. The molecule has 1 aromatic rings. The van der Waals surface area contributed by atoms with Crippen molar-refractivity contribution in [3.05, 3.63) is 35.9 Å². The molecule has 5 aliphatic rings. The summed E-state index contributed by atoms with van der Waals surface area (Å²) in [6.07, 6.45) is 9.80. The highest BCUT2D eigenvalue weighted by Gasteiger charge is 2.53. The van der Waals surface area contributed by atoms with Gasteiger partial charge >= 0.3 is 0 Å². The van der Waals surface area contributed by atoms with Gasteiger partial charge in [-0.05, 0) is 93.6 Å². The molecule has 1 aromatic carbocycles. The summed E-state index contributed by atoms with van der Waals surface area (Å²) in [6, 6.07) is 9.26. The number of carbonyl (C=O) groups is 2. The summed E-state index contributed by atoms with van der Waals surface area (Å²) < 4.78 is 0. The molecule has 4 nitrogen and oxygen atoms in total. The van der Waals surface area contributed by atoms with E-state index in [1.165, 1.54) is 38.5 Å². The van der Waals surface area contributed by atoms with Crippen LogP contribution in [0.4, 0.5) is 0 Å². The zero-order chi connectivity index (χ0) is 19.3. The molecule has 0 aromatic heterocycles. The third kappa shape index (κ3) is 3.05. The Labute approximate surface area is 168 Å². The number of nitrogens with one attached hydrogen (secondary N) is 1. The van der Waals surface area contributed by atoms with Crippen molar-refractivity contribution in [1.82, 2.24) is 10.2 Å². The fourth-order valence-electron chi connectivity index (χ4n) is 7.20. The lowest BCUT2D eigenvalue weighted by molar-refractivity contribution is -0.129. The van der Waals surface area contributed by atoms with Gasteiger partial charge in [0.15, 0.2) is 0 Å². The van der Waals surface area contributed by atoms with Crippen LogP contribution in [-0.4, -0.2) is 35.3 Å². The quantitative estimate of drug-likeness (QED) is 0.858. The van der Waals surface area contributed by atoms with Crippen LogP contribution in [0.3, 0.4) is 0 Å². The van der Waals surface area contributed by atoms with Gasteiger partial charge in [0.25, 0.3) is 5.91 Å². The first kappa shape index (κ1) is 18.2. The molecule has 28 heavy (non-hydrogen) atoms. The predicted octanol–water partition coefficient (Wildman–Crippen LogP) is 4.01. The molecule has 1 aliphatic heterocycles. The molecule has 4 aliphatic carbocycles. The van der Waals surface area contributed by atoms with E-state index in [9.17, 15) is 9.59 Å². The van der Waals surface area contributed by atoms with Gasteiger partial charge in [-0.3, -0.25) is 9.59 Å². The summed E-state index contributed by atoms with van der Waals surface area (Å²) in [5.74, 6) is 2.69. The Morgan fingerprint density at radius 1 is 1.04 bits per heavy atom. The zero-order valence-electron chi connectivity index (χ0n) is 16.9. The molecule has 0 unspecified atom stereocenters. The van der Waals surface area contributed by atoms with Crippen LogP contribution in [0.5, 0.6) is 0 Å². The van der Waals surface area contributed by atoms with Gasteiger partial charge in [0, 0.05) is 18.2 Å². The molecule has 4 saturated carbocycles. The van der Waals surface area contributed by atoms with E-state index in [0.29, 0.717) is 17.5 Å². The molecule has 150 valence electrons. The molecule has 0 radical (unpaired) electrons. The zero-order valence-corrected chi connectivity index (χ0v) is 16.9. The second-order valence-electron chi connectivity index (χ2n) is 10.0. The Morgan fingerprint density at radius 3 is 2.25 bits per heavy atom. The Morgan fingerprint density at radius 2 is 1.64 bits per heavy atom. The first-order valence-electron chi connectivity index (χ1n) is 11.2. The average Bonchev–Trinajstić information content (AvgIpc) is 3.17. The van der Waals surface area contributed by atoms with Gasteiger partial charge in [-0.15, -0.1) is 0 Å². The lowest BCUT2D eigenvalue weighted by Crippen LogP contribution is -2.58. The van der Waals surface area contributed by atoms with E-state index in [4.69, 9.17) is 0 Å². The highest BCUT2D eigenvalue weighted by Crippen LogP contribution is 2.61. The Kier molecular flexibility index (Phi) is 4.48. The van der Waals surface area contributed by atoms with Crippen LogP contribution >= 0.6 is 0 Å². The van der Waals surface area contributed by atoms with Crippen molar-refractivity contribution in [2.75, 3.05) is 6.54 Å². The maximum absolute atomic E-state index is 13.2. The summed E-state index contributed by atoms with van der Waals surface area (Å²) in [4.78, 5) is 27.9. The van der Waals surface area contributed by atoms with Crippen LogP contribution in [0.25, 0.3) is 0 Å². The third-order valence-electron chi connectivity index (χ3n) is 8.20. The number of hydrogen-bond donors (Lipinski definition) is 1. The standard InChI is InChI=1S/C24H32N2O2/c1-16(24-13-17-10-18(14-24)12-19(11-17)15-24)25-22(27)21-8-5-9-26(21)23(28)20-6-3-2-4-7-20/h2-4,6-7,16-19,21H,5,8-15H2,1H3,(H,25,27)/t16-,17?,18?,19?,21-,24?/m0/s1. The predicted molar refractivity (Wildman–Crippen MR) is 109 cm³/mol. The number of rotatable bonds is 4. The van der Waals surface area contributed by atoms with Crippen molar-refractivity contribution in [3.8, 4) is 0 Å². The van der Waals surface area contributed by atoms with Crippen LogP contribution in [0.15, 0.2) is 30.3 Å². The van der Waals surface area contributed by atoms with E-state index >= 15 is 0 Å². The summed E-state index contributed by atoms with van der Waals surface area (Å²) >= 11 is 0. The average molecular weight is 381 g/mol. The van der Waals surface area contributed by atoms with Gasteiger partial charge in [-0.25, -0.2) is 0 Å². The highest BCUT2D eigenvalue weighted by atomic mass is 16.2. The van der Waals surface area contributed by atoms with Crippen LogP contribution in [0, 0.1) is 23.2 Å². The topological polar surface area (TPSA) is 49.4 Å². The number of carbonyl (C=O) groups excluding carboxylic acids is 2. The van der Waals surface area contributed by atoms with Gasteiger partial charge < -0.3 is 10.2 Å². The maximum atomic E-state index is 13.2. The van der Waals surface area contributed by atoms with Gasteiger partial charge in [-0.2, -0.15) is 0 Å². The summed E-state index contributed by atoms with van der Waals surface area (Å²) in [5, 5.41) is 3.38. The van der Waals surface area contributed by atoms with E-state index in [0.717, 1.165) is 30.6 Å². The molecule has 0 spiro atoms. The van der Waals surface area contributed by atoms with E-state index in [1.807, 2.05) is 30.3 Å². The second kappa shape index (κ2) is 6.89. The molecule has 6 rings (SSSR count). The molecule has 1 N–H and O–H groups in total. The lowest BCUT2D eigenvalue weighted by atomic mass is 9.48. The van der Waals surface area contributed by atoms with Crippen molar-refractivity contribution in [3.63, 3.8) is 0 Å². The molecule has 2 atom stereocenters. The van der Waals surface area contributed by atoms with E-state index < -0.39 is 0 Å². The van der Waals surface area contributed by atoms with Crippen LogP contribution in [0.2, 0.25) is 0 Å². The molecular formula is C24H32N2O2. The molecule has 4 heteroatoms. The molecule has 1 saturated heterocycles. The minimum Gasteiger partial charge on any atom is -0.351 e. The largest absolute Gasteiger partial charge is 0.351 e. The fourth-order valence-corrected chi connectivity index (χ4v) is 7.20. The number of hydrogen-bond acceptors (Lipinski definition) is 2.